The lowest BCUT2D eigenvalue weighted by molar-refractivity contribution is -0.123. The first-order valence-corrected chi connectivity index (χ1v) is 8.79. The molecule has 0 saturated carbocycles. The second-order valence-electron chi connectivity index (χ2n) is 7.39. The van der Waals surface area contributed by atoms with Crippen molar-refractivity contribution >= 4 is 5.91 Å². The van der Waals surface area contributed by atoms with Crippen LogP contribution in [0.2, 0.25) is 0 Å². The van der Waals surface area contributed by atoms with Crippen LogP contribution in [0.15, 0.2) is 16.5 Å². The number of nitrogens with zero attached hydrogens (tertiary/aromatic N) is 3. The lowest BCUT2D eigenvalue weighted by Gasteiger charge is -2.22. The van der Waals surface area contributed by atoms with Gasteiger partial charge in [-0.05, 0) is 40.0 Å². The fraction of sp³-hybridized carbons (Fsp3) is 0.526. The minimum atomic E-state index is -0.276. The maximum Gasteiger partial charge on any atom is 0.248 e. The van der Waals surface area contributed by atoms with E-state index in [1.165, 1.54) is 21.3 Å². The van der Waals surface area contributed by atoms with Crippen molar-refractivity contribution in [1.82, 2.24) is 20.4 Å². The summed E-state index contributed by atoms with van der Waals surface area (Å²) >= 11 is 0. The number of rotatable bonds is 8. The number of amides is 1. The van der Waals surface area contributed by atoms with E-state index in [-0.39, 0.29) is 18.0 Å². The Hall–Kier alpha value is -2.81. The number of aromatic nitrogens is 2. The fourth-order valence-corrected chi connectivity index (χ4v) is 2.63. The summed E-state index contributed by atoms with van der Waals surface area (Å²) in [7, 11) is 6.43. The molecule has 1 aromatic heterocycles. The largest absolute Gasteiger partial charge is 0.493 e. The van der Waals surface area contributed by atoms with Crippen molar-refractivity contribution in [1.29, 1.82) is 0 Å². The highest BCUT2D eigenvalue weighted by molar-refractivity contribution is 5.78. The predicted molar refractivity (Wildman–Crippen MR) is 104 cm³/mol. The van der Waals surface area contributed by atoms with Gasteiger partial charge < -0.3 is 23.9 Å². The van der Waals surface area contributed by atoms with E-state index in [4.69, 9.17) is 18.6 Å². The maximum atomic E-state index is 12.0. The Labute approximate surface area is 165 Å². The molecule has 9 nitrogen and oxygen atoms in total. The van der Waals surface area contributed by atoms with Gasteiger partial charge in [-0.3, -0.25) is 9.69 Å². The van der Waals surface area contributed by atoms with Gasteiger partial charge in [-0.2, -0.15) is 0 Å². The van der Waals surface area contributed by atoms with Gasteiger partial charge in [-0.15, -0.1) is 10.2 Å². The number of carbonyl (C=O) groups excluding carboxylic acids is 1. The van der Waals surface area contributed by atoms with Crippen LogP contribution in [0.3, 0.4) is 0 Å². The third-order valence-corrected chi connectivity index (χ3v) is 3.71. The number of methoxy groups -OCH3 is 3. The van der Waals surface area contributed by atoms with Crippen LogP contribution in [0.1, 0.15) is 26.7 Å². The zero-order chi connectivity index (χ0) is 20.9. The van der Waals surface area contributed by atoms with Crippen molar-refractivity contribution in [3.05, 3.63) is 18.0 Å². The molecular formula is C19H28N4O5. The van der Waals surface area contributed by atoms with Crippen LogP contribution in [-0.2, 0) is 11.3 Å². The predicted octanol–water partition coefficient (Wildman–Crippen LogP) is 2.11. The van der Waals surface area contributed by atoms with Gasteiger partial charge in [0.2, 0.25) is 23.4 Å². The van der Waals surface area contributed by atoms with E-state index < -0.39 is 0 Å². The van der Waals surface area contributed by atoms with Crippen LogP contribution < -0.4 is 19.5 Å². The van der Waals surface area contributed by atoms with E-state index >= 15 is 0 Å². The first kappa shape index (κ1) is 21.5. The quantitative estimate of drug-likeness (QED) is 0.729. The third kappa shape index (κ3) is 5.59. The summed E-state index contributed by atoms with van der Waals surface area (Å²) in [5, 5.41) is 11.1. The van der Waals surface area contributed by atoms with Gasteiger partial charge in [-0.25, -0.2) is 0 Å². The lowest BCUT2D eigenvalue weighted by Crippen LogP contribution is -2.45. The van der Waals surface area contributed by atoms with Crippen molar-refractivity contribution < 1.29 is 23.4 Å². The molecule has 0 radical (unpaired) electrons. The average molecular weight is 392 g/mol. The molecule has 154 valence electrons. The standard InChI is InChI=1S/C19H28N4O5/c1-19(2,3)20-15(24)10-23(4)11-16-21-22-18(28-16)12-8-13(25-5)17(27-7)14(9-12)26-6/h8-9H,10-11H2,1-7H3,(H,20,24). The smallest absolute Gasteiger partial charge is 0.248 e. The Morgan fingerprint density at radius 1 is 1.11 bits per heavy atom. The van der Waals surface area contributed by atoms with Crippen LogP contribution in [0.4, 0.5) is 0 Å². The summed E-state index contributed by atoms with van der Waals surface area (Å²) in [6.45, 7) is 6.37. The average Bonchev–Trinajstić information content (AvgIpc) is 3.06. The van der Waals surface area contributed by atoms with Crippen molar-refractivity contribution in [2.75, 3.05) is 34.9 Å². The second-order valence-corrected chi connectivity index (χ2v) is 7.39. The van der Waals surface area contributed by atoms with Crippen molar-refractivity contribution in [2.45, 2.75) is 32.9 Å². The Morgan fingerprint density at radius 3 is 2.21 bits per heavy atom. The Bertz CT molecular complexity index is 788. The molecule has 0 atom stereocenters. The van der Waals surface area contributed by atoms with Gasteiger partial charge in [-0.1, -0.05) is 0 Å². The highest BCUT2D eigenvalue weighted by Gasteiger charge is 2.19. The Morgan fingerprint density at radius 2 is 1.71 bits per heavy atom. The van der Waals surface area contributed by atoms with Crippen LogP contribution in [0, 0.1) is 0 Å². The third-order valence-electron chi connectivity index (χ3n) is 3.71. The number of benzene rings is 1. The molecule has 0 aliphatic heterocycles. The summed E-state index contributed by atoms with van der Waals surface area (Å²) in [4.78, 5) is 13.8. The molecule has 0 aliphatic carbocycles. The molecule has 2 rings (SSSR count). The molecule has 2 aromatic rings. The monoisotopic (exact) mass is 392 g/mol. The number of carbonyl (C=O) groups is 1. The SMILES string of the molecule is COc1cc(-c2nnc(CN(C)CC(=O)NC(C)(C)C)o2)cc(OC)c1OC. The van der Waals surface area contributed by atoms with Gasteiger partial charge in [0, 0.05) is 11.1 Å². The van der Waals surface area contributed by atoms with E-state index in [0.29, 0.717) is 41.1 Å². The lowest BCUT2D eigenvalue weighted by atomic mass is 10.1. The van der Waals surface area contributed by atoms with Crippen molar-refractivity contribution in [2.24, 2.45) is 0 Å². The van der Waals surface area contributed by atoms with E-state index in [2.05, 4.69) is 15.5 Å². The summed E-state index contributed by atoms with van der Waals surface area (Å²) in [5.74, 6) is 2.12. The molecule has 0 aliphatic rings. The number of nitrogens with one attached hydrogen (secondary N) is 1. The fourth-order valence-electron chi connectivity index (χ4n) is 2.63. The van der Waals surface area contributed by atoms with Crippen LogP contribution in [0.5, 0.6) is 17.2 Å². The molecule has 1 N–H and O–H groups in total. The molecule has 0 saturated heterocycles. The topological polar surface area (TPSA) is 99.0 Å². The Balaban J connectivity index is 2.13. The first-order chi connectivity index (χ1) is 13.2. The van der Waals surface area contributed by atoms with Crippen molar-refractivity contribution in [3.63, 3.8) is 0 Å². The molecule has 0 spiro atoms. The number of hydrogen-bond donors (Lipinski definition) is 1. The highest BCUT2D eigenvalue weighted by Crippen LogP contribution is 2.40. The zero-order valence-corrected chi connectivity index (χ0v) is 17.5. The van der Waals surface area contributed by atoms with E-state index in [1.807, 2.05) is 27.8 Å². The molecule has 0 unspecified atom stereocenters. The van der Waals surface area contributed by atoms with Gasteiger partial charge in [0.05, 0.1) is 34.4 Å². The number of ether oxygens (including phenoxy) is 3. The van der Waals surface area contributed by atoms with Crippen LogP contribution in [-0.4, -0.2) is 61.5 Å². The molecule has 0 bridgehead atoms. The number of hydrogen-bond acceptors (Lipinski definition) is 8. The summed E-state index contributed by atoms with van der Waals surface area (Å²) in [6.07, 6.45) is 0. The van der Waals surface area contributed by atoms with E-state index in [1.54, 1.807) is 17.0 Å². The molecule has 28 heavy (non-hydrogen) atoms. The molecule has 1 heterocycles. The van der Waals surface area contributed by atoms with E-state index in [0.717, 1.165) is 0 Å². The highest BCUT2D eigenvalue weighted by atomic mass is 16.5. The molecule has 1 aromatic carbocycles. The molecular weight excluding hydrogens is 364 g/mol. The summed E-state index contributed by atoms with van der Waals surface area (Å²) in [5.41, 5.74) is 0.364. The minimum Gasteiger partial charge on any atom is -0.493 e. The zero-order valence-electron chi connectivity index (χ0n) is 17.5. The van der Waals surface area contributed by atoms with Crippen LogP contribution in [0.25, 0.3) is 11.5 Å². The van der Waals surface area contributed by atoms with Gasteiger partial charge in [0.15, 0.2) is 11.5 Å². The summed E-state index contributed by atoms with van der Waals surface area (Å²) in [6, 6.07) is 3.47. The Kier molecular flexibility index (Phi) is 6.85. The van der Waals surface area contributed by atoms with Crippen LogP contribution >= 0.6 is 0 Å². The maximum absolute atomic E-state index is 12.0. The summed E-state index contributed by atoms with van der Waals surface area (Å²) < 4.78 is 21.8. The normalized spacial score (nSPS) is 11.4. The van der Waals surface area contributed by atoms with E-state index in [9.17, 15) is 4.79 Å². The van der Waals surface area contributed by atoms with Crippen molar-refractivity contribution in [3.8, 4) is 28.7 Å². The minimum absolute atomic E-state index is 0.0700. The molecule has 1 amide bonds. The second kappa shape index (κ2) is 8.92. The van der Waals surface area contributed by atoms with Gasteiger partial charge >= 0.3 is 0 Å². The van der Waals surface area contributed by atoms with Gasteiger partial charge in [0.25, 0.3) is 0 Å². The molecule has 0 fully saturated rings. The molecule has 9 heteroatoms. The first-order valence-electron chi connectivity index (χ1n) is 8.79. The number of likely N-dealkylation sites (N-methyl/N-ethyl adjacent to an activating group) is 1. The van der Waals surface area contributed by atoms with Gasteiger partial charge in [0.1, 0.15) is 0 Å².